The average molecular weight is 392 g/mol. The van der Waals surface area contributed by atoms with E-state index in [1.54, 1.807) is 0 Å². The lowest BCUT2D eigenvalue weighted by Crippen LogP contribution is -2.22. The number of unbranched alkanes of at least 4 members (excludes halogenated alkanes) is 1. The maximum atomic E-state index is 10.9. The van der Waals surface area contributed by atoms with Gasteiger partial charge in [-0.25, -0.2) is 0 Å². The van der Waals surface area contributed by atoms with Crippen LogP contribution in [0.15, 0.2) is 12.7 Å². The third-order valence-electron chi connectivity index (χ3n) is 2.47. The maximum absolute atomic E-state index is 10.9. The van der Waals surface area contributed by atoms with Crippen molar-refractivity contribution in [2.75, 3.05) is 13.2 Å². The highest BCUT2D eigenvalue weighted by Gasteiger charge is 2.20. The second kappa shape index (κ2) is 8.96. The van der Waals surface area contributed by atoms with Gasteiger partial charge in [-0.3, -0.25) is 4.79 Å². The second-order valence-corrected chi connectivity index (χ2v) is 5.84. The van der Waals surface area contributed by atoms with Crippen molar-refractivity contribution in [1.29, 1.82) is 0 Å². The van der Waals surface area contributed by atoms with Crippen molar-refractivity contribution in [3.63, 3.8) is 0 Å². The zero-order valence-corrected chi connectivity index (χ0v) is 14.6. The number of carbonyl (C=O) groups excluding carboxylic acids is 1. The minimum Gasteiger partial charge on any atom is -0.490 e. The number of rotatable bonds is 7. The van der Waals surface area contributed by atoms with Crippen LogP contribution in [-0.4, -0.2) is 19.1 Å². The molecule has 0 atom stereocenters. The van der Waals surface area contributed by atoms with E-state index in [1.807, 2.05) is 0 Å². The zero-order valence-electron chi connectivity index (χ0n) is 10.8. The van der Waals surface area contributed by atoms with Crippen molar-refractivity contribution in [3.05, 3.63) is 37.8 Å². The number of benzene rings is 1. The van der Waals surface area contributed by atoms with Gasteiger partial charge in [0, 0.05) is 6.54 Å². The Hall–Kier alpha value is -0.320. The maximum Gasteiger partial charge on any atom is 0.243 e. The number of hydrogen-bond donors (Lipinski definition) is 1. The van der Waals surface area contributed by atoms with Crippen molar-refractivity contribution in [1.82, 2.24) is 5.32 Å². The summed E-state index contributed by atoms with van der Waals surface area (Å²) in [5.74, 6) is -0.00821. The number of ether oxygens (including phenoxy) is 1. The van der Waals surface area contributed by atoms with E-state index in [4.69, 9.17) is 62.7 Å². The first-order valence-electron chi connectivity index (χ1n) is 5.94. The number of nitrogens with one attached hydrogen (secondary N) is 1. The Morgan fingerprint density at radius 3 is 2.05 bits per heavy atom. The van der Waals surface area contributed by atoms with Gasteiger partial charge in [-0.05, 0) is 18.9 Å². The van der Waals surface area contributed by atoms with Crippen LogP contribution >= 0.6 is 58.0 Å². The molecule has 0 radical (unpaired) electrons. The molecule has 8 heteroatoms. The molecule has 0 unspecified atom stereocenters. The van der Waals surface area contributed by atoms with Gasteiger partial charge in [0.1, 0.15) is 10.0 Å². The van der Waals surface area contributed by atoms with Crippen molar-refractivity contribution < 1.29 is 9.53 Å². The van der Waals surface area contributed by atoms with Crippen molar-refractivity contribution >= 4 is 63.9 Å². The van der Waals surface area contributed by atoms with Gasteiger partial charge >= 0.3 is 0 Å². The summed E-state index contributed by atoms with van der Waals surface area (Å²) in [5.41, 5.74) is 0. The minimum absolute atomic E-state index is 0.0906. The predicted octanol–water partition coefficient (Wildman–Crippen LogP) is 5.41. The van der Waals surface area contributed by atoms with Gasteiger partial charge in [-0.1, -0.05) is 64.6 Å². The highest BCUT2D eigenvalue weighted by atomic mass is 35.5. The van der Waals surface area contributed by atoms with E-state index in [0.29, 0.717) is 19.6 Å². The Bertz CT molecular complexity index is 519. The Kier molecular flexibility index (Phi) is 7.99. The fourth-order valence-corrected chi connectivity index (χ4v) is 2.63. The molecular weight excluding hydrogens is 379 g/mol. The Balaban J connectivity index is 2.53. The third kappa shape index (κ3) is 5.11. The van der Waals surface area contributed by atoms with Crippen molar-refractivity contribution in [2.24, 2.45) is 0 Å². The summed E-state index contributed by atoms with van der Waals surface area (Å²) in [7, 11) is 0. The molecule has 1 aromatic carbocycles. The fourth-order valence-electron chi connectivity index (χ4n) is 1.40. The van der Waals surface area contributed by atoms with Gasteiger partial charge in [0.15, 0.2) is 5.75 Å². The molecule has 0 aromatic heterocycles. The van der Waals surface area contributed by atoms with Gasteiger partial charge in [-0.2, -0.15) is 0 Å². The summed E-state index contributed by atoms with van der Waals surface area (Å²) >= 11 is 29.8. The molecule has 0 bridgehead atoms. The van der Waals surface area contributed by atoms with Crippen molar-refractivity contribution in [3.8, 4) is 5.75 Å². The molecule has 3 nitrogen and oxygen atoms in total. The van der Waals surface area contributed by atoms with E-state index in [9.17, 15) is 4.79 Å². The highest BCUT2D eigenvalue weighted by Crippen LogP contribution is 2.48. The normalized spacial score (nSPS) is 10.3. The number of halogens is 5. The summed E-state index contributed by atoms with van der Waals surface area (Å²) in [6, 6.07) is 0. The first-order chi connectivity index (χ1) is 9.90. The van der Waals surface area contributed by atoms with E-state index >= 15 is 0 Å². The minimum atomic E-state index is -0.210. The molecule has 0 spiro atoms. The highest BCUT2D eigenvalue weighted by molar-refractivity contribution is 6.55. The van der Waals surface area contributed by atoms with Gasteiger partial charge in [0.2, 0.25) is 5.91 Å². The molecule has 1 aromatic rings. The lowest BCUT2D eigenvalue weighted by molar-refractivity contribution is -0.116. The molecule has 0 fully saturated rings. The van der Waals surface area contributed by atoms with Gasteiger partial charge in [0.25, 0.3) is 0 Å². The largest absolute Gasteiger partial charge is 0.490 e. The molecule has 1 amide bonds. The van der Waals surface area contributed by atoms with E-state index in [1.165, 1.54) is 6.08 Å². The molecule has 0 heterocycles. The monoisotopic (exact) mass is 389 g/mol. The Morgan fingerprint density at radius 1 is 1.00 bits per heavy atom. The van der Waals surface area contributed by atoms with Crippen LogP contribution in [0.3, 0.4) is 0 Å². The Labute approximate surface area is 148 Å². The van der Waals surface area contributed by atoms with Crippen LogP contribution in [0.4, 0.5) is 0 Å². The first-order valence-corrected chi connectivity index (χ1v) is 7.83. The number of carbonyl (C=O) groups is 1. The summed E-state index contributed by atoms with van der Waals surface area (Å²) in [5, 5.41) is 3.18. The molecule has 0 saturated heterocycles. The zero-order chi connectivity index (χ0) is 16.0. The summed E-state index contributed by atoms with van der Waals surface area (Å²) in [6.45, 7) is 4.23. The molecule has 116 valence electrons. The van der Waals surface area contributed by atoms with Crippen molar-refractivity contribution in [2.45, 2.75) is 12.8 Å². The van der Waals surface area contributed by atoms with E-state index in [-0.39, 0.29) is 36.8 Å². The smallest absolute Gasteiger partial charge is 0.243 e. The standard InChI is InChI=1S/C13H12Cl5NO2/c1-2-7(20)19-5-3-4-6-21-13-11(17)9(15)8(14)10(16)12(13)18/h2H,1,3-6H2,(H,19,20). The summed E-state index contributed by atoms with van der Waals surface area (Å²) in [4.78, 5) is 10.9. The van der Waals surface area contributed by atoms with Crippen LogP contribution in [0, 0.1) is 0 Å². The van der Waals surface area contributed by atoms with E-state index in [0.717, 1.165) is 6.42 Å². The fraction of sp³-hybridized carbons (Fsp3) is 0.308. The van der Waals surface area contributed by atoms with Crippen LogP contribution in [0.2, 0.25) is 25.1 Å². The topological polar surface area (TPSA) is 38.3 Å². The SMILES string of the molecule is C=CC(=O)NCCCCOc1c(Cl)c(Cl)c(Cl)c(Cl)c1Cl. The molecule has 0 saturated carbocycles. The molecule has 0 aliphatic carbocycles. The van der Waals surface area contributed by atoms with E-state index < -0.39 is 0 Å². The summed E-state index contributed by atoms with van der Waals surface area (Å²) in [6.07, 6.45) is 2.62. The van der Waals surface area contributed by atoms with Crippen LogP contribution < -0.4 is 10.1 Å². The van der Waals surface area contributed by atoms with Gasteiger partial charge in [0.05, 0.1) is 21.7 Å². The van der Waals surface area contributed by atoms with Gasteiger partial charge < -0.3 is 10.1 Å². The first kappa shape index (κ1) is 18.7. The number of amides is 1. The third-order valence-corrected chi connectivity index (χ3v) is 4.71. The van der Waals surface area contributed by atoms with Crippen LogP contribution in [0.5, 0.6) is 5.75 Å². The molecule has 0 aliphatic heterocycles. The van der Waals surface area contributed by atoms with Gasteiger partial charge in [-0.15, -0.1) is 0 Å². The lowest BCUT2D eigenvalue weighted by atomic mass is 10.3. The average Bonchev–Trinajstić information content (AvgIpc) is 2.49. The van der Waals surface area contributed by atoms with Crippen LogP contribution in [0.25, 0.3) is 0 Å². The molecule has 1 rings (SSSR count). The van der Waals surface area contributed by atoms with Crippen LogP contribution in [-0.2, 0) is 4.79 Å². The molecule has 0 aliphatic rings. The second-order valence-electron chi connectivity index (χ2n) is 3.95. The number of hydrogen-bond acceptors (Lipinski definition) is 2. The molecule has 1 N–H and O–H groups in total. The predicted molar refractivity (Wildman–Crippen MR) is 89.4 cm³/mol. The van der Waals surface area contributed by atoms with Crippen LogP contribution in [0.1, 0.15) is 12.8 Å². The molecular formula is C13H12Cl5NO2. The molecule has 21 heavy (non-hydrogen) atoms. The summed E-state index contributed by atoms with van der Waals surface area (Å²) < 4.78 is 5.49. The quantitative estimate of drug-likeness (QED) is 0.292. The van der Waals surface area contributed by atoms with E-state index in [2.05, 4.69) is 11.9 Å². The Morgan fingerprint density at radius 2 is 1.52 bits per heavy atom. The lowest BCUT2D eigenvalue weighted by Gasteiger charge is -2.13.